The maximum atomic E-state index is 12.9. The van der Waals surface area contributed by atoms with Gasteiger partial charge in [-0.3, -0.25) is 9.59 Å². The lowest BCUT2D eigenvalue weighted by Gasteiger charge is -2.17. The first-order valence-electron chi connectivity index (χ1n) is 10.6. The Balaban J connectivity index is 2.17. The Bertz CT molecular complexity index is 878. The van der Waals surface area contributed by atoms with Gasteiger partial charge in [0.2, 0.25) is 0 Å². The smallest absolute Gasteiger partial charge is 0.267 e. The number of rotatable bonds is 12. The minimum atomic E-state index is -0.392. The molecule has 2 N–H and O–H groups in total. The summed E-state index contributed by atoms with van der Waals surface area (Å²) >= 11 is 1.50. The zero-order valence-corrected chi connectivity index (χ0v) is 19.5. The third-order valence-corrected chi connectivity index (χ3v) is 5.88. The first-order valence-corrected chi connectivity index (χ1v) is 11.5. The number of carbonyl (C=O) groups excluding carboxylic acids is 2. The van der Waals surface area contributed by atoms with Crippen LogP contribution in [0, 0.1) is 5.92 Å². The fraction of sp³-hybridized carbons (Fsp3) is 0.417. The molecule has 168 valence electrons. The van der Waals surface area contributed by atoms with Crippen molar-refractivity contribution in [1.29, 1.82) is 0 Å². The van der Waals surface area contributed by atoms with E-state index in [2.05, 4.69) is 24.5 Å². The van der Waals surface area contributed by atoms with Gasteiger partial charge in [-0.25, -0.2) is 0 Å². The Morgan fingerprint density at radius 3 is 2.52 bits per heavy atom. The van der Waals surface area contributed by atoms with Crippen LogP contribution >= 0.6 is 11.3 Å². The van der Waals surface area contributed by atoms with Gasteiger partial charge in [0.05, 0.1) is 14.2 Å². The van der Waals surface area contributed by atoms with Gasteiger partial charge in [-0.2, -0.15) is 0 Å². The van der Waals surface area contributed by atoms with E-state index in [1.807, 2.05) is 17.5 Å². The molecule has 6 nitrogen and oxygen atoms in total. The van der Waals surface area contributed by atoms with Crippen LogP contribution < -0.4 is 20.1 Å². The van der Waals surface area contributed by atoms with Gasteiger partial charge in [-0.05, 0) is 48.1 Å². The predicted octanol–water partition coefficient (Wildman–Crippen LogP) is 4.87. The number of benzene rings is 1. The van der Waals surface area contributed by atoms with Crippen molar-refractivity contribution >= 4 is 29.2 Å². The van der Waals surface area contributed by atoms with E-state index in [1.54, 1.807) is 24.3 Å². The van der Waals surface area contributed by atoms with E-state index in [-0.39, 0.29) is 11.6 Å². The van der Waals surface area contributed by atoms with Crippen LogP contribution in [0.2, 0.25) is 0 Å². The Kier molecular flexibility index (Phi) is 10.1. The Morgan fingerprint density at radius 1 is 1.13 bits per heavy atom. The van der Waals surface area contributed by atoms with Crippen LogP contribution in [0.15, 0.2) is 41.4 Å². The van der Waals surface area contributed by atoms with Gasteiger partial charge in [0, 0.05) is 17.0 Å². The maximum Gasteiger partial charge on any atom is 0.267 e. The summed E-state index contributed by atoms with van der Waals surface area (Å²) in [7, 11) is 3.05. The summed E-state index contributed by atoms with van der Waals surface area (Å²) < 4.78 is 10.5. The third-order valence-electron chi connectivity index (χ3n) is 5.06. The van der Waals surface area contributed by atoms with E-state index in [1.165, 1.54) is 25.6 Å². The van der Waals surface area contributed by atoms with Gasteiger partial charge in [0.15, 0.2) is 11.5 Å². The highest BCUT2D eigenvalue weighted by atomic mass is 32.1. The number of nitrogens with one attached hydrogen (secondary N) is 2. The van der Waals surface area contributed by atoms with Crippen molar-refractivity contribution in [3.8, 4) is 11.5 Å². The van der Waals surface area contributed by atoms with Crippen LogP contribution in [0.3, 0.4) is 0 Å². The molecule has 2 rings (SSSR count). The van der Waals surface area contributed by atoms with Crippen molar-refractivity contribution in [2.75, 3.05) is 20.8 Å². The average Bonchev–Trinajstić information content (AvgIpc) is 3.31. The van der Waals surface area contributed by atoms with Crippen molar-refractivity contribution in [2.24, 2.45) is 5.92 Å². The Labute approximate surface area is 188 Å². The maximum absolute atomic E-state index is 12.9. The number of hydrogen-bond donors (Lipinski definition) is 2. The second kappa shape index (κ2) is 12.8. The van der Waals surface area contributed by atoms with E-state index >= 15 is 0 Å². The van der Waals surface area contributed by atoms with Crippen molar-refractivity contribution in [2.45, 2.75) is 39.5 Å². The number of ether oxygens (including phenoxy) is 2. The molecule has 0 aliphatic rings. The van der Waals surface area contributed by atoms with Crippen LogP contribution in [0.4, 0.5) is 0 Å². The van der Waals surface area contributed by atoms with Crippen LogP contribution in [0.5, 0.6) is 11.5 Å². The van der Waals surface area contributed by atoms with Gasteiger partial charge in [-0.1, -0.05) is 39.2 Å². The van der Waals surface area contributed by atoms with E-state index < -0.39 is 5.91 Å². The molecule has 0 aliphatic carbocycles. The molecule has 2 amide bonds. The molecular weight excluding hydrogens is 412 g/mol. The SMILES string of the molecule is CCCCC(CC)CNC(=O)/C(=C/c1cccs1)NC(=O)c1ccc(OC)c(OC)c1. The molecule has 1 atom stereocenters. The summed E-state index contributed by atoms with van der Waals surface area (Å²) in [4.78, 5) is 26.7. The summed E-state index contributed by atoms with van der Waals surface area (Å²) in [5, 5.41) is 7.68. The molecule has 0 saturated carbocycles. The van der Waals surface area contributed by atoms with E-state index in [4.69, 9.17) is 9.47 Å². The van der Waals surface area contributed by atoms with E-state index in [0.717, 1.165) is 30.6 Å². The summed E-state index contributed by atoms with van der Waals surface area (Å²) in [6.45, 7) is 4.88. The molecule has 31 heavy (non-hydrogen) atoms. The second-order valence-corrected chi connectivity index (χ2v) is 8.20. The van der Waals surface area contributed by atoms with Gasteiger partial charge in [0.1, 0.15) is 5.70 Å². The molecule has 1 unspecified atom stereocenters. The minimum absolute atomic E-state index is 0.215. The zero-order chi connectivity index (χ0) is 22.6. The zero-order valence-electron chi connectivity index (χ0n) is 18.7. The molecule has 0 saturated heterocycles. The van der Waals surface area contributed by atoms with Gasteiger partial charge in [0.25, 0.3) is 11.8 Å². The van der Waals surface area contributed by atoms with Crippen LogP contribution in [0.1, 0.15) is 54.8 Å². The molecule has 0 aliphatic heterocycles. The lowest BCUT2D eigenvalue weighted by Crippen LogP contribution is -2.37. The normalized spacial score (nSPS) is 12.2. The molecule has 7 heteroatoms. The van der Waals surface area contributed by atoms with Crippen molar-refractivity contribution < 1.29 is 19.1 Å². The molecule has 1 aromatic heterocycles. The van der Waals surface area contributed by atoms with Crippen LogP contribution in [-0.4, -0.2) is 32.6 Å². The molecule has 1 heterocycles. The minimum Gasteiger partial charge on any atom is -0.493 e. The van der Waals surface area contributed by atoms with E-state index in [0.29, 0.717) is 29.5 Å². The lowest BCUT2D eigenvalue weighted by atomic mass is 9.99. The first-order chi connectivity index (χ1) is 15.0. The summed E-state index contributed by atoms with van der Waals surface area (Å²) in [6, 6.07) is 8.69. The molecular formula is C24H32N2O4S. The predicted molar refractivity (Wildman–Crippen MR) is 126 cm³/mol. The van der Waals surface area contributed by atoms with Gasteiger partial charge in [-0.15, -0.1) is 11.3 Å². The Hall–Kier alpha value is -2.80. The van der Waals surface area contributed by atoms with Crippen molar-refractivity contribution in [3.63, 3.8) is 0 Å². The summed E-state index contributed by atoms with van der Waals surface area (Å²) in [5.74, 6) is 0.719. The van der Waals surface area contributed by atoms with Crippen molar-refractivity contribution in [3.05, 3.63) is 51.8 Å². The monoisotopic (exact) mass is 444 g/mol. The molecule has 2 aromatic rings. The van der Waals surface area contributed by atoms with E-state index in [9.17, 15) is 9.59 Å². The van der Waals surface area contributed by atoms with Crippen LogP contribution in [-0.2, 0) is 4.79 Å². The largest absolute Gasteiger partial charge is 0.493 e. The highest BCUT2D eigenvalue weighted by Crippen LogP contribution is 2.27. The molecule has 0 spiro atoms. The second-order valence-electron chi connectivity index (χ2n) is 7.22. The molecule has 1 aromatic carbocycles. The molecule has 0 bridgehead atoms. The molecule has 0 radical (unpaired) electrons. The summed E-state index contributed by atoms with van der Waals surface area (Å²) in [5.41, 5.74) is 0.587. The number of carbonyl (C=O) groups is 2. The summed E-state index contributed by atoms with van der Waals surface area (Å²) in [6.07, 6.45) is 6.06. The lowest BCUT2D eigenvalue weighted by molar-refractivity contribution is -0.117. The number of thiophene rings is 1. The number of unbranched alkanes of at least 4 members (excludes halogenated alkanes) is 1. The van der Waals surface area contributed by atoms with Crippen LogP contribution in [0.25, 0.3) is 6.08 Å². The molecule has 0 fully saturated rings. The highest BCUT2D eigenvalue weighted by molar-refractivity contribution is 7.10. The first kappa shape index (κ1) is 24.5. The number of methoxy groups -OCH3 is 2. The van der Waals surface area contributed by atoms with Gasteiger partial charge < -0.3 is 20.1 Å². The van der Waals surface area contributed by atoms with Crippen molar-refractivity contribution in [1.82, 2.24) is 10.6 Å². The standard InChI is InChI=1S/C24H32N2O4S/c1-5-7-9-17(6-2)16-25-24(28)20(15-19-10-8-13-31-19)26-23(27)18-11-12-21(29-3)22(14-18)30-4/h8,10-15,17H,5-7,9,16H2,1-4H3,(H,25,28)(H,26,27)/b20-15-. The topological polar surface area (TPSA) is 76.7 Å². The van der Waals surface area contributed by atoms with Gasteiger partial charge >= 0.3 is 0 Å². The highest BCUT2D eigenvalue weighted by Gasteiger charge is 2.17. The number of hydrogen-bond acceptors (Lipinski definition) is 5. The Morgan fingerprint density at radius 2 is 1.90 bits per heavy atom. The quantitative estimate of drug-likeness (QED) is 0.458. The fourth-order valence-electron chi connectivity index (χ4n) is 3.12. The average molecular weight is 445 g/mol. The fourth-order valence-corrected chi connectivity index (χ4v) is 3.78. The number of amides is 2. The third kappa shape index (κ3) is 7.43.